The van der Waals surface area contributed by atoms with Gasteiger partial charge >= 0.3 is 0 Å². The number of hydrogen-bond acceptors (Lipinski definition) is 6. The average molecular weight is 486 g/mol. The number of pyridine rings is 2. The van der Waals surface area contributed by atoms with E-state index >= 15 is 0 Å². The summed E-state index contributed by atoms with van der Waals surface area (Å²) < 4.78 is 12.1. The highest BCUT2D eigenvalue weighted by Crippen LogP contribution is 2.42. The molecule has 2 unspecified atom stereocenters. The molecule has 5 aromatic rings. The standard InChI is InChI=1S/C27H31N7O2/c1-16-24(33(5)31-30-16)18-12-20-23(29-14-18)26-21(13-22(32(26)4)27(2,3)35)34(20)25(17-9-11-36-15-17)19-8-6-7-10-28-19/h6-8,10,12-14,17,25,35H,9,11,15H2,1-5H3. The van der Waals surface area contributed by atoms with Crippen LogP contribution in [0.2, 0.25) is 0 Å². The fourth-order valence-corrected chi connectivity index (χ4v) is 5.81. The minimum atomic E-state index is -1.00. The summed E-state index contributed by atoms with van der Waals surface area (Å²) in [6.45, 7) is 7.01. The van der Waals surface area contributed by atoms with E-state index in [0.717, 1.165) is 63.4 Å². The number of aryl methyl sites for hydroxylation is 3. The van der Waals surface area contributed by atoms with Crippen molar-refractivity contribution in [2.75, 3.05) is 13.2 Å². The van der Waals surface area contributed by atoms with Crippen molar-refractivity contribution in [3.05, 3.63) is 59.8 Å². The SMILES string of the molecule is Cc1nnn(C)c1-c1cnc2c3c(cc(C(C)(C)O)n3C)n(C(c3ccccn3)C3CCOC3)c2c1. The Hall–Kier alpha value is -3.56. The lowest BCUT2D eigenvalue weighted by molar-refractivity contribution is 0.0712. The predicted octanol–water partition coefficient (Wildman–Crippen LogP) is 3.88. The van der Waals surface area contributed by atoms with E-state index in [2.05, 4.69) is 37.6 Å². The molecule has 1 saturated heterocycles. The van der Waals surface area contributed by atoms with Gasteiger partial charge in [-0.1, -0.05) is 11.3 Å². The second-order valence-electron chi connectivity index (χ2n) is 10.3. The Kier molecular flexibility index (Phi) is 5.24. The Morgan fingerprint density at radius 2 is 1.97 bits per heavy atom. The Balaban J connectivity index is 1.71. The molecule has 9 heteroatoms. The molecule has 0 aromatic carbocycles. The van der Waals surface area contributed by atoms with Gasteiger partial charge in [0.15, 0.2) is 0 Å². The lowest BCUT2D eigenvalue weighted by Gasteiger charge is -2.26. The number of rotatable bonds is 5. The number of aromatic nitrogens is 7. The van der Waals surface area contributed by atoms with E-state index in [9.17, 15) is 5.11 Å². The zero-order chi connectivity index (χ0) is 25.2. The zero-order valence-electron chi connectivity index (χ0n) is 21.3. The van der Waals surface area contributed by atoms with E-state index < -0.39 is 5.60 Å². The number of aliphatic hydroxyl groups is 1. The summed E-state index contributed by atoms with van der Waals surface area (Å²) in [4.78, 5) is 9.78. The lowest BCUT2D eigenvalue weighted by Crippen LogP contribution is -2.22. The summed E-state index contributed by atoms with van der Waals surface area (Å²) in [6.07, 6.45) is 4.69. The maximum atomic E-state index is 11.0. The molecular weight excluding hydrogens is 454 g/mol. The first-order valence-electron chi connectivity index (χ1n) is 12.3. The molecule has 1 N–H and O–H groups in total. The van der Waals surface area contributed by atoms with Gasteiger partial charge in [0.25, 0.3) is 0 Å². The molecule has 0 amide bonds. The van der Waals surface area contributed by atoms with Gasteiger partial charge in [0, 0.05) is 44.6 Å². The van der Waals surface area contributed by atoms with Crippen molar-refractivity contribution < 1.29 is 9.84 Å². The fourth-order valence-electron chi connectivity index (χ4n) is 5.81. The fraction of sp³-hybridized carbons (Fsp3) is 0.407. The molecule has 1 fully saturated rings. The van der Waals surface area contributed by atoms with E-state index in [1.165, 1.54) is 0 Å². The van der Waals surface area contributed by atoms with Crippen molar-refractivity contribution in [1.82, 2.24) is 34.1 Å². The molecule has 0 bridgehead atoms. The van der Waals surface area contributed by atoms with Gasteiger partial charge in [-0.05, 0) is 51.5 Å². The highest BCUT2D eigenvalue weighted by Gasteiger charge is 2.34. The molecule has 0 spiro atoms. The van der Waals surface area contributed by atoms with E-state index in [1.54, 1.807) is 4.68 Å². The topological polar surface area (TPSA) is 95.8 Å². The first kappa shape index (κ1) is 22.9. The normalized spacial score (nSPS) is 17.4. The van der Waals surface area contributed by atoms with Crippen LogP contribution in [0, 0.1) is 12.8 Å². The highest BCUT2D eigenvalue weighted by atomic mass is 16.5. The Bertz CT molecular complexity index is 1550. The molecule has 186 valence electrons. The van der Waals surface area contributed by atoms with Crippen molar-refractivity contribution >= 4 is 22.1 Å². The van der Waals surface area contributed by atoms with E-state index in [-0.39, 0.29) is 12.0 Å². The van der Waals surface area contributed by atoms with E-state index in [4.69, 9.17) is 14.7 Å². The molecule has 36 heavy (non-hydrogen) atoms. The van der Waals surface area contributed by atoms with Crippen LogP contribution < -0.4 is 0 Å². The summed E-state index contributed by atoms with van der Waals surface area (Å²) in [5.41, 5.74) is 7.50. The van der Waals surface area contributed by atoms with Crippen LogP contribution in [0.1, 0.15) is 43.4 Å². The van der Waals surface area contributed by atoms with Gasteiger partial charge < -0.3 is 19.0 Å². The van der Waals surface area contributed by atoms with Gasteiger partial charge in [0.2, 0.25) is 0 Å². The molecule has 1 aliphatic rings. The van der Waals surface area contributed by atoms with Gasteiger partial charge in [-0.3, -0.25) is 9.97 Å². The van der Waals surface area contributed by atoms with Crippen LogP contribution in [0.25, 0.3) is 33.3 Å². The van der Waals surface area contributed by atoms with Gasteiger partial charge in [-0.15, -0.1) is 5.10 Å². The third-order valence-corrected chi connectivity index (χ3v) is 7.40. The number of hydrogen-bond donors (Lipinski definition) is 1. The molecule has 5 aromatic heterocycles. The molecule has 2 atom stereocenters. The Morgan fingerprint density at radius 1 is 1.14 bits per heavy atom. The predicted molar refractivity (Wildman–Crippen MR) is 137 cm³/mol. The summed E-state index contributed by atoms with van der Waals surface area (Å²) >= 11 is 0. The second-order valence-corrected chi connectivity index (χ2v) is 10.3. The van der Waals surface area contributed by atoms with Crippen molar-refractivity contribution in [3.63, 3.8) is 0 Å². The molecule has 9 nitrogen and oxygen atoms in total. The van der Waals surface area contributed by atoms with Crippen molar-refractivity contribution in [3.8, 4) is 11.3 Å². The number of nitrogens with zero attached hydrogens (tertiary/aromatic N) is 7. The maximum absolute atomic E-state index is 11.0. The maximum Gasteiger partial charge on any atom is 0.112 e. The summed E-state index contributed by atoms with van der Waals surface area (Å²) in [5.74, 6) is 0.258. The van der Waals surface area contributed by atoms with Crippen molar-refractivity contribution in [2.45, 2.75) is 38.8 Å². The minimum Gasteiger partial charge on any atom is -0.384 e. The number of fused-ring (bicyclic) bond motifs is 3. The zero-order valence-corrected chi connectivity index (χ0v) is 21.3. The van der Waals surface area contributed by atoms with Crippen LogP contribution in [0.4, 0.5) is 0 Å². The van der Waals surface area contributed by atoms with Gasteiger partial charge in [0.1, 0.15) is 5.52 Å². The smallest absolute Gasteiger partial charge is 0.112 e. The average Bonchev–Trinajstić information content (AvgIpc) is 3.61. The molecule has 0 aliphatic carbocycles. The molecular formula is C27H31N7O2. The molecule has 0 saturated carbocycles. The third-order valence-electron chi connectivity index (χ3n) is 7.40. The van der Waals surface area contributed by atoms with Gasteiger partial charge in [-0.25, -0.2) is 4.68 Å². The summed E-state index contributed by atoms with van der Waals surface area (Å²) in [6, 6.07) is 10.3. The molecule has 1 aliphatic heterocycles. The van der Waals surface area contributed by atoms with Crippen LogP contribution >= 0.6 is 0 Å². The van der Waals surface area contributed by atoms with Crippen LogP contribution in [0.15, 0.2) is 42.7 Å². The largest absolute Gasteiger partial charge is 0.384 e. The van der Waals surface area contributed by atoms with Crippen molar-refractivity contribution in [1.29, 1.82) is 0 Å². The third kappa shape index (κ3) is 3.45. The monoisotopic (exact) mass is 485 g/mol. The summed E-state index contributed by atoms with van der Waals surface area (Å²) in [5, 5.41) is 19.4. The first-order chi connectivity index (χ1) is 17.3. The number of ether oxygens (including phenoxy) is 1. The lowest BCUT2D eigenvalue weighted by atomic mass is 9.95. The Labute approximate surface area is 209 Å². The molecule has 6 rings (SSSR count). The van der Waals surface area contributed by atoms with Crippen molar-refractivity contribution in [2.24, 2.45) is 20.0 Å². The highest BCUT2D eigenvalue weighted by molar-refractivity contribution is 6.05. The van der Waals surface area contributed by atoms with Gasteiger partial charge in [0.05, 0.1) is 57.6 Å². The molecule has 0 radical (unpaired) electrons. The summed E-state index contributed by atoms with van der Waals surface area (Å²) in [7, 11) is 3.90. The van der Waals surface area contributed by atoms with Crippen LogP contribution in [0.3, 0.4) is 0 Å². The van der Waals surface area contributed by atoms with E-state index in [1.807, 2.05) is 59.4 Å². The molecule has 6 heterocycles. The van der Waals surface area contributed by atoms with Gasteiger partial charge in [-0.2, -0.15) is 0 Å². The van der Waals surface area contributed by atoms with E-state index in [0.29, 0.717) is 6.61 Å². The quantitative estimate of drug-likeness (QED) is 0.406. The minimum absolute atomic E-state index is 0.0476. The second kappa shape index (κ2) is 8.25. The van der Waals surface area contributed by atoms with Crippen LogP contribution in [0.5, 0.6) is 0 Å². The first-order valence-corrected chi connectivity index (χ1v) is 12.3. The Morgan fingerprint density at radius 3 is 2.61 bits per heavy atom. The van der Waals surface area contributed by atoms with Crippen LogP contribution in [-0.4, -0.2) is 52.4 Å². The van der Waals surface area contributed by atoms with Crippen LogP contribution in [-0.2, 0) is 24.4 Å².